The van der Waals surface area contributed by atoms with Crippen LogP contribution in [-0.2, 0) is 4.79 Å². The van der Waals surface area contributed by atoms with Gasteiger partial charge < -0.3 is 4.90 Å². The number of amides is 1. The van der Waals surface area contributed by atoms with Gasteiger partial charge in [0.15, 0.2) is 17.4 Å². The number of thiophene rings is 1. The van der Waals surface area contributed by atoms with E-state index < -0.39 is 17.7 Å². The molecule has 0 aliphatic rings. The Morgan fingerprint density at radius 1 is 1.17 bits per heavy atom. The molecule has 6 heteroatoms. The Hall–Kier alpha value is -2.08. The highest BCUT2D eigenvalue weighted by atomic mass is 32.1. The maximum Gasteiger partial charge on any atom is 0.223 e. The summed E-state index contributed by atoms with van der Waals surface area (Å²) in [6.07, 6.45) is 0.218. The fourth-order valence-corrected chi connectivity index (χ4v) is 2.86. The highest BCUT2D eigenvalue weighted by molar-refractivity contribution is 7.12. The molecule has 1 unspecified atom stereocenters. The molecule has 2 aromatic rings. The Bertz CT molecular complexity index is 701. The topological polar surface area (TPSA) is 37.4 Å². The molecule has 23 heavy (non-hydrogen) atoms. The van der Waals surface area contributed by atoms with Crippen LogP contribution in [0, 0.1) is 11.6 Å². The highest BCUT2D eigenvalue weighted by Crippen LogP contribution is 2.22. The van der Waals surface area contributed by atoms with Crippen molar-refractivity contribution < 1.29 is 18.4 Å². The standard InChI is InChI=1S/C17H17F2NO2S/c1-11(12-5-6-13(18)14(19)10-12)20(2)17(22)8-7-15(21)16-4-3-9-23-16/h3-6,9-11H,7-8H2,1-2H3. The Morgan fingerprint density at radius 3 is 2.52 bits per heavy atom. The lowest BCUT2D eigenvalue weighted by atomic mass is 10.1. The minimum absolute atomic E-state index is 0.0674. The predicted octanol–water partition coefficient (Wildman–Crippen LogP) is 4.21. The van der Waals surface area contributed by atoms with Gasteiger partial charge in [0.25, 0.3) is 0 Å². The van der Waals surface area contributed by atoms with Crippen molar-refractivity contribution in [3.63, 3.8) is 0 Å². The van der Waals surface area contributed by atoms with Crippen LogP contribution in [0.25, 0.3) is 0 Å². The zero-order valence-corrected chi connectivity index (χ0v) is 13.7. The Labute approximate surface area is 137 Å². The zero-order chi connectivity index (χ0) is 17.0. The molecule has 0 saturated carbocycles. The van der Waals surface area contributed by atoms with Crippen molar-refractivity contribution in [2.45, 2.75) is 25.8 Å². The molecule has 3 nitrogen and oxygen atoms in total. The molecule has 1 heterocycles. The first-order valence-electron chi connectivity index (χ1n) is 7.17. The number of nitrogens with zero attached hydrogens (tertiary/aromatic N) is 1. The highest BCUT2D eigenvalue weighted by Gasteiger charge is 2.19. The first kappa shape index (κ1) is 17.3. The first-order valence-corrected chi connectivity index (χ1v) is 8.05. The molecule has 0 N–H and O–H groups in total. The van der Waals surface area contributed by atoms with Gasteiger partial charge in [0.05, 0.1) is 10.9 Å². The normalized spacial score (nSPS) is 12.0. The second kappa shape index (κ2) is 7.46. The van der Waals surface area contributed by atoms with Crippen molar-refractivity contribution in [3.8, 4) is 0 Å². The lowest BCUT2D eigenvalue weighted by molar-refractivity contribution is -0.131. The molecule has 0 aliphatic heterocycles. The minimum atomic E-state index is -0.942. The first-order chi connectivity index (χ1) is 10.9. The van der Waals surface area contributed by atoms with E-state index in [1.807, 2.05) is 5.38 Å². The van der Waals surface area contributed by atoms with Gasteiger partial charge in [-0.2, -0.15) is 0 Å². The fourth-order valence-electron chi connectivity index (χ4n) is 2.17. The number of carbonyl (C=O) groups is 2. The molecule has 0 spiro atoms. The second-order valence-electron chi connectivity index (χ2n) is 5.25. The minimum Gasteiger partial charge on any atom is -0.339 e. The molecule has 0 radical (unpaired) electrons. The van der Waals surface area contributed by atoms with Crippen molar-refractivity contribution in [2.24, 2.45) is 0 Å². The molecule has 0 fully saturated rings. The van der Waals surface area contributed by atoms with E-state index in [9.17, 15) is 18.4 Å². The summed E-state index contributed by atoms with van der Waals surface area (Å²) >= 11 is 1.35. The average molecular weight is 337 g/mol. The van der Waals surface area contributed by atoms with Gasteiger partial charge in [0.1, 0.15) is 0 Å². The monoisotopic (exact) mass is 337 g/mol. The lowest BCUT2D eigenvalue weighted by Gasteiger charge is -2.25. The van der Waals surface area contributed by atoms with Gasteiger partial charge in [-0.1, -0.05) is 12.1 Å². The number of halogens is 2. The largest absolute Gasteiger partial charge is 0.339 e. The molecule has 0 bridgehead atoms. The van der Waals surface area contributed by atoms with Gasteiger partial charge in [0, 0.05) is 19.9 Å². The van der Waals surface area contributed by atoms with E-state index in [1.165, 1.54) is 22.3 Å². The van der Waals surface area contributed by atoms with Crippen molar-refractivity contribution in [1.82, 2.24) is 4.90 Å². The molecule has 0 aliphatic carbocycles. The summed E-state index contributed by atoms with van der Waals surface area (Å²) < 4.78 is 26.3. The summed E-state index contributed by atoms with van der Waals surface area (Å²) in [7, 11) is 1.59. The SMILES string of the molecule is CC(c1ccc(F)c(F)c1)N(C)C(=O)CCC(=O)c1cccs1. The summed E-state index contributed by atoms with van der Waals surface area (Å²) in [5.74, 6) is -2.14. The van der Waals surface area contributed by atoms with Crippen LogP contribution in [0.15, 0.2) is 35.7 Å². The number of Topliss-reactive ketones (excluding diaryl/α,β-unsaturated/α-hetero) is 1. The predicted molar refractivity (Wildman–Crippen MR) is 85.4 cm³/mol. The van der Waals surface area contributed by atoms with E-state index in [0.717, 1.165) is 12.1 Å². The third-order valence-electron chi connectivity index (χ3n) is 3.76. The molecule has 2 rings (SSSR count). The number of hydrogen-bond donors (Lipinski definition) is 0. The third-order valence-corrected chi connectivity index (χ3v) is 4.67. The van der Waals surface area contributed by atoms with Gasteiger partial charge in [-0.25, -0.2) is 8.78 Å². The molecule has 122 valence electrons. The number of ketones is 1. The molecule has 1 amide bonds. The van der Waals surface area contributed by atoms with E-state index >= 15 is 0 Å². The van der Waals surface area contributed by atoms with Crippen LogP contribution in [0.4, 0.5) is 8.78 Å². The average Bonchev–Trinajstić information content (AvgIpc) is 3.08. The van der Waals surface area contributed by atoms with Gasteiger partial charge in [-0.3, -0.25) is 9.59 Å². The van der Waals surface area contributed by atoms with Crippen LogP contribution >= 0.6 is 11.3 Å². The van der Waals surface area contributed by atoms with Crippen LogP contribution in [0.3, 0.4) is 0 Å². The molecule has 1 aromatic carbocycles. The van der Waals surface area contributed by atoms with E-state index in [0.29, 0.717) is 10.4 Å². The maximum atomic E-state index is 13.3. The van der Waals surface area contributed by atoms with Crippen LogP contribution < -0.4 is 0 Å². The molecule has 1 atom stereocenters. The molecular weight excluding hydrogens is 320 g/mol. The van der Waals surface area contributed by atoms with E-state index in [-0.39, 0.29) is 24.5 Å². The number of hydrogen-bond acceptors (Lipinski definition) is 3. The number of carbonyl (C=O) groups excluding carboxylic acids is 2. The summed E-state index contributed by atoms with van der Waals surface area (Å²) in [6, 6.07) is 6.68. The van der Waals surface area contributed by atoms with Gasteiger partial charge in [-0.05, 0) is 36.1 Å². The molecule has 1 aromatic heterocycles. The molecular formula is C17H17F2NO2S. The summed E-state index contributed by atoms with van der Waals surface area (Å²) in [4.78, 5) is 26.2. The van der Waals surface area contributed by atoms with Crippen LogP contribution in [-0.4, -0.2) is 23.6 Å². The third kappa shape index (κ3) is 4.22. The Morgan fingerprint density at radius 2 is 1.91 bits per heavy atom. The second-order valence-corrected chi connectivity index (χ2v) is 6.20. The zero-order valence-electron chi connectivity index (χ0n) is 12.9. The number of rotatable bonds is 6. The van der Waals surface area contributed by atoms with Gasteiger partial charge in [-0.15, -0.1) is 11.3 Å². The Balaban J connectivity index is 1.95. The fraction of sp³-hybridized carbons (Fsp3) is 0.294. The van der Waals surface area contributed by atoms with Crippen molar-refractivity contribution in [2.75, 3.05) is 7.05 Å². The summed E-state index contributed by atoms with van der Waals surface area (Å²) in [5, 5.41) is 1.81. The summed E-state index contributed by atoms with van der Waals surface area (Å²) in [5.41, 5.74) is 0.504. The van der Waals surface area contributed by atoms with Crippen LogP contribution in [0.2, 0.25) is 0 Å². The van der Waals surface area contributed by atoms with Gasteiger partial charge >= 0.3 is 0 Å². The lowest BCUT2D eigenvalue weighted by Crippen LogP contribution is -2.30. The number of benzene rings is 1. The molecule has 0 saturated heterocycles. The van der Waals surface area contributed by atoms with Crippen molar-refractivity contribution in [1.29, 1.82) is 0 Å². The smallest absolute Gasteiger partial charge is 0.223 e. The quantitative estimate of drug-likeness (QED) is 0.741. The summed E-state index contributed by atoms with van der Waals surface area (Å²) in [6.45, 7) is 1.73. The van der Waals surface area contributed by atoms with Crippen molar-refractivity contribution in [3.05, 3.63) is 57.8 Å². The van der Waals surface area contributed by atoms with Gasteiger partial charge in [0.2, 0.25) is 5.91 Å². The Kier molecular flexibility index (Phi) is 5.60. The maximum absolute atomic E-state index is 13.3. The van der Waals surface area contributed by atoms with Crippen LogP contribution in [0.1, 0.15) is 41.0 Å². The van der Waals surface area contributed by atoms with E-state index in [2.05, 4.69) is 0 Å². The van der Waals surface area contributed by atoms with Crippen molar-refractivity contribution >= 4 is 23.0 Å². The van der Waals surface area contributed by atoms with E-state index in [1.54, 1.807) is 26.1 Å². The van der Waals surface area contributed by atoms with E-state index in [4.69, 9.17) is 0 Å². The van der Waals surface area contributed by atoms with Crippen LogP contribution in [0.5, 0.6) is 0 Å².